The van der Waals surface area contributed by atoms with Crippen molar-refractivity contribution in [1.82, 2.24) is 10.0 Å². The van der Waals surface area contributed by atoms with E-state index in [0.717, 1.165) is 16.9 Å². The number of benzene rings is 1. The Morgan fingerprint density at radius 3 is 2.70 bits per heavy atom. The van der Waals surface area contributed by atoms with Crippen LogP contribution < -0.4 is 10.0 Å². The summed E-state index contributed by atoms with van der Waals surface area (Å²) in [5.74, 6) is -0.194. The molecule has 0 aliphatic rings. The largest absolute Gasteiger partial charge is 0.356 e. The zero-order valence-electron chi connectivity index (χ0n) is 12.3. The third-order valence-electron chi connectivity index (χ3n) is 3.03. The van der Waals surface area contributed by atoms with Crippen molar-refractivity contribution in [3.05, 3.63) is 52.4 Å². The summed E-state index contributed by atoms with van der Waals surface area (Å²) in [7, 11) is -3.51. The number of carbonyl (C=O) groups is 1. The minimum absolute atomic E-state index is 0.0727. The second-order valence-electron chi connectivity index (χ2n) is 4.81. The van der Waals surface area contributed by atoms with Crippen LogP contribution in [0.3, 0.4) is 0 Å². The normalized spacial score (nSPS) is 11.3. The lowest BCUT2D eigenvalue weighted by atomic mass is 10.1. The molecular formula is C15H17ClN2O3S2. The first-order valence-corrected chi connectivity index (χ1v) is 9.76. The van der Waals surface area contributed by atoms with E-state index in [1.165, 1.54) is 6.07 Å². The lowest BCUT2D eigenvalue weighted by Gasteiger charge is -2.07. The molecule has 1 aromatic carbocycles. The van der Waals surface area contributed by atoms with Crippen LogP contribution in [-0.4, -0.2) is 27.4 Å². The Morgan fingerprint density at radius 1 is 1.17 bits per heavy atom. The predicted molar refractivity (Wildman–Crippen MR) is 92.3 cm³/mol. The van der Waals surface area contributed by atoms with E-state index in [1.54, 1.807) is 17.5 Å². The topological polar surface area (TPSA) is 75.3 Å². The molecule has 0 bridgehead atoms. The highest BCUT2D eigenvalue weighted by atomic mass is 35.5. The van der Waals surface area contributed by atoms with E-state index < -0.39 is 10.0 Å². The highest BCUT2D eigenvalue weighted by Gasteiger charge is 2.14. The lowest BCUT2D eigenvalue weighted by Crippen LogP contribution is -2.31. The quantitative estimate of drug-likeness (QED) is 0.747. The summed E-state index contributed by atoms with van der Waals surface area (Å²) in [5.41, 5.74) is 1.04. The van der Waals surface area contributed by atoms with Crippen LogP contribution in [-0.2, 0) is 21.2 Å². The standard InChI is InChI=1S/C15H17ClN2O3S2/c16-13-4-1-3-12(11-13)6-8-17-14(19)7-9-18-23(20,21)15-5-2-10-22-15/h1-5,10-11,18H,6-9H2,(H,17,19). The van der Waals surface area contributed by atoms with Gasteiger partial charge in [0, 0.05) is 24.5 Å². The second kappa shape index (κ2) is 8.44. The van der Waals surface area contributed by atoms with Gasteiger partial charge in [-0.3, -0.25) is 4.79 Å². The molecular weight excluding hydrogens is 356 g/mol. The fourth-order valence-electron chi connectivity index (χ4n) is 1.91. The summed E-state index contributed by atoms with van der Waals surface area (Å²) in [6.07, 6.45) is 0.771. The van der Waals surface area contributed by atoms with Crippen molar-refractivity contribution in [3.8, 4) is 0 Å². The van der Waals surface area contributed by atoms with Crippen LogP contribution in [0.1, 0.15) is 12.0 Å². The van der Waals surface area contributed by atoms with Gasteiger partial charge in [0.05, 0.1) is 0 Å². The van der Waals surface area contributed by atoms with Gasteiger partial charge in [-0.1, -0.05) is 29.8 Å². The molecule has 2 N–H and O–H groups in total. The summed E-state index contributed by atoms with van der Waals surface area (Å²) in [5, 5.41) is 5.11. The van der Waals surface area contributed by atoms with Gasteiger partial charge in [0.25, 0.3) is 0 Å². The van der Waals surface area contributed by atoms with Crippen molar-refractivity contribution < 1.29 is 13.2 Å². The summed E-state index contributed by atoms with van der Waals surface area (Å²) in [6.45, 7) is 0.556. The van der Waals surface area contributed by atoms with Gasteiger partial charge in [-0.05, 0) is 35.6 Å². The van der Waals surface area contributed by atoms with Crippen molar-refractivity contribution >= 4 is 38.9 Å². The van der Waals surface area contributed by atoms with Gasteiger partial charge in [0.2, 0.25) is 15.9 Å². The molecule has 2 aromatic rings. The lowest BCUT2D eigenvalue weighted by molar-refractivity contribution is -0.120. The highest BCUT2D eigenvalue weighted by molar-refractivity contribution is 7.91. The number of thiophene rings is 1. The Kier molecular flexibility index (Phi) is 6.59. The molecule has 0 aliphatic carbocycles. The first-order chi connectivity index (χ1) is 11.0. The fourth-order valence-corrected chi connectivity index (χ4v) is 4.20. The van der Waals surface area contributed by atoms with Crippen molar-refractivity contribution in [2.75, 3.05) is 13.1 Å². The minimum Gasteiger partial charge on any atom is -0.356 e. The molecule has 5 nitrogen and oxygen atoms in total. The molecule has 1 heterocycles. The third kappa shape index (κ3) is 5.95. The monoisotopic (exact) mass is 372 g/mol. The molecule has 0 spiro atoms. The Balaban J connectivity index is 1.67. The number of carbonyl (C=O) groups excluding carboxylic acids is 1. The van der Waals surface area contributed by atoms with Crippen molar-refractivity contribution in [1.29, 1.82) is 0 Å². The maximum atomic E-state index is 11.9. The summed E-state index contributed by atoms with van der Waals surface area (Å²) in [6, 6.07) is 10.6. The van der Waals surface area contributed by atoms with Gasteiger partial charge < -0.3 is 5.32 Å². The molecule has 1 amide bonds. The van der Waals surface area contributed by atoms with Gasteiger partial charge in [-0.25, -0.2) is 13.1 Å². The Hall–Kier alpha value is -1.41. The molecule has 1 aromatic heterocycles. The summed E-state index contributed by atoms with van der Waals surface area (Å²) in [4.78, 5) is 11.7. The van der Waals surface area contributed by atoms with E-state index in [9.17, 15) is 13.2 Å². The number of amides is 1. The average molecular weight is 373 g/mol. The molecule has 0 aliphatic heterocycles. The van der Waals surface area contributed by atoms with Crippen molar-refractivity contribution in [2.45, 2.75) is 17.1 Å². The molecule has 0 atom stereocenters. The van der Waals surface area contributed by atoms with E-state index in [1.807, 2.05) is 18.2 Å². The Morgan fingerprint density at radius 2 is 2.00 bits per heavy atom. The molecule has 0 fully saturated rings. The Bertz CT molecular complexity index is 746. The van der Waals surface area contributed by atoms with Gasteiger partial charge in [0.1, 0.15) is 4.21 Å². The molecule has 0 radical (unpaired) electrons. The van der Waals surface area contributed by atoms with Crippen molar-refractivity contribution in [3.63, 3.8) is 0 Å². The summed E-state index contributed by atoms with van der Waals surface area (Å²) < 4.78 is 26.4. The molecule has 0 saturated heterocycles. The summed E-state index contributed by atoms with van der Waals surface area (Å²) >= 11 is 7.03. The van der Waals surface area contributed by atoms with Crippen LogP contribution in [0.4, 0.5) is 0 Å². The molecule has 0 unspecified atom stereocenters. The van der Waals surface area contributed by atoms with Crippen LogP contribution in [0.5, 0.6) is 0 Å². The van der Waals surface area contributed by atoms with Gasteiger partial charge in [-0.15, -0.1) is 11.3 Å². The number of sulfonamides is 1. The second-order valence-corrected chi connectivity index (χ2v) is 8.19. The molecule has 2 rings (SSSR count). The van der Waals surface area contributed by atoms with Crippen LogP contribution in [0, 0.1) is 0 Å². The highest BCUT2D eigenvalue weighted by Crippen LogP contribution is 2.15. The van der Waals surface area contributed by atoms with E-state index in [0.29, 0.717) is 18.0 Å². The average Bonchev–Trinajstić information content (AvgIpc) is 3.02. The van der Waals surface area contributed by atoms with E-state index in [2.05, 4.69) is 10.0 Å². The number of halogens is 1. The van der Waals surface area contributed by atoms with Crippen LogP contribution in [0.25, 0.3) is 0 Å². The van der Waals surface area contributed by atoms with Gasteiger partial charge in [-0.2, -0.15) is 0 Å². The van der Waals surface area contributed by atoms with Crippen LogP contribution >= 0.6 is 22.9 Å². The zero-order chi connectivity index (χ0) is 16.7. The van der Waals surface area contributed by atoms with E-state index in [4.69, 9.17) is 11.6 Å². The van der Waals surface area contributed by atoms with Crippen molar-refractivity contribution in [2.24, 2.45) is 0 Å². The fraction of sp³-hybridized carbons (Fsp3) is 0.267. The minimum atomic E-state index is -3.51. The predicted octanol–water partition coefficient (Wildman–Crippen LogP) is 2.43. The number of nitrogens with one attached hydrogen (secondary N) is 2. The molecule has 0 saturated carbocycles. The number of hydrogen-bond donors (Lipinski definition) is 2. The first kappa shape index (κ1) is 17.9. The van der Waals surface area contributed by atoms with Gasteiger partial charge >= 0.3 is 0 Å². The number of rotatable bonds is 8. The van der Waals surface area contributed by atoms with Crippen LogP contribution in [0.2, 0.25) is 5.02 Å². The number of hydrogen-bond acceptors (Lipinski definition) is 4. The molecule has 23 heavy (non-hydrogen) atoms. The molecule has 8 heteroatoms. The van der Waals surface area contributed by atoms with Gasteiger partial charge in [0.15, 0.2) is 0 Å². The maximum Gasteiger partial charge on any atom is 0.250 e. The van der Waals surface area contributed by atoms with E-state index >= 15 is 0 Å². The molecule has 124 valence electrons. The Labute approximate surface area is 144 Å². The maximum absolute atomic E-state index is 11.9. The zero-order valence-corrected chi connectivity index (χ0v) is 14.7. The first-order valence-electron chi connectivity index (χ1n) is 7.02. The van der Waals surface area contributed by atoms with E-state index in [-0.39, 0.29) is 23.1 Å². The SMILES string of the molecule is O=C(CCNS(=O)(=O)c1cccs1)NCCc1cccc(Cl)c1. The van der Waals surface area contributed by atoms with Crippen LogP contribution in [0.15, 0.2) is 46.0 Å². The smallest absolute Gasteiger partial charge is 0.250 e. The third-order valence-corrected chi connectivity index (χ3v) is 6.12.